The van der Waals surface area contributed by atoms with Crippen LogP contribution < -0.4 is 15.4 Å². The Labute approximate surface area is 290 Å². The first kappa shape index (κ1) is 35.4. The van der Waals surface area contributed by atoms with Gasteiger partial charge in [0.05, 0.1) is 25.9 Å². The number of carbonyl (C=O) groups is 1. The normalized spacial score (nSPS) is 17.7. The van der Waals surface area contributed by atoms with E-state index in [0.29, 0.717) is 71.2 Å². The third-order valence-electron chi connectivity index (χ3n) is 9.15. The van der Waals surface area contributed by atoms with Crippen LogP contribution in [0.15, 0.2) is 45.9 Å². The minimum atomic E-state index is -2.77. The Balaban J connectivity index is 0.000000164. The van der Waals surface area contributed by atoms with Gasteiger partial charge in [-0.3, -0.25) is 14.3 Å². The molecule has 51 heavy (non-hydrogen) atoms. The third kappa shape index (κ3) is 7.12. The fourth-order valence-corrected chi connectivity index (χ4v) is 6.34. The van der Waals surface area contributed by atoms with Crippen molar-refractivity contribution in [2.45, 2.75) is 44.8 Å². The van der Waals surface area contributed by atoms with Gasteiger partial charge in [0.15, 0.2) is 17.2 Å². The van der Waals surface area contributed by atoms with Gasteiger partial charge in [0.25, 0.3) is 18.5 Å². The predicted octanol–water partition coefficient (Wildman–Crippen LogP) is 4.56. The van der Waals surface area contributed by atoms with Gasteiger partial charge in [0.1, 0.15) is 33.9 Å². The largest absolute Gasteiger partial charge is 0.483 e. The lowest BCUT2D eigenvalue weighted by Crippen LogP contribution is -2.68. The Hall–Kier alpha value is -5.40. The molecule has 0 radical (unpaired) electrons. The van der Waals surface area contributed by atoms with Gasteiger partial charge in [-0.25, -0.2) is 23.1 Å². The number of aryl methyl sites for hydroxylation is 2. The van der Waals surface area contributed by atoms with E-state index >= 15 is 0 Å². The van der Waals surface area contributed by atoms with Crippen LogP contribution in [0, 0.1) is 24.6 Å². The molecule has 13 nitrogen and oxygen atoms in total. The number of ether oxygens (including phenoxy) is 2. The van der Waals surface area contributed by atoms with Crippen LogP contribution in [0.25, 0.3) is 22.1 Å². The number of aromatic nitrogens is 5. The van der Waals surface area contributed by atoms with Crippen LogP contribution in [0.4, 0.5) is 24.7 Å². The molecule has 1 spiro atoms. The van der Waals surface area contributed by atoms with Gasteiger partial charge in [-0.2, -0.15) is 5.10 Å². The molecule has 0 amide bonds. The van der Waals surface area contributed by atoms with Crippen molar-refractivity contribution in [1.82, 2.24) is 24.7 Å². The van der Waals surface area contributed by atoms with Gasteiger partial charge in [0, 0.05) is 55.6 Å². The molecule has 3 aliphatic heterocycles. The summed E-state index contributed by atoms with van der Waals surface area (Å²) in [6.45, 7) is 7.28. The quantitative estimate of drug-likeness (QED) is 0.201. The molecule has 1 atom stereocenters. The number of hydrogen-bond acceptors (Lipinski definition) is 10. The summed E-state index contributed by atoms with van der Waals surface area (Å²) in [5.41, 5.74) is 2.98. The van der Waals surface area contributed by atoms with Crippen molar-refractivity contribution in [3.8, 4) is 11.8 Å². The molecular weight excluding hydrogens is 671 g/mol. The number of benzene rings is 1. The number of fused-ring (bicyclic) bond motifs is 3. The summed E-state index contributed by atoms with van der Waals surface area (Å²) < 4.78 is 58.9. The smallest absolute Gasteiger partial charge is 0.297 e. The number of H-pyrrole nitrogens is 1. The standard InChI is InChI=1S/C18H20N4O3.C16H14F3N3O.CH2O2/c1-13-18(11-24-12-18)25-8-7-22(13)16-9-14(10-19-17(16)23)3-4-15-5-6-21(2)20-15;1-8-10(17)5-4-9-11-13(23-12(8)9)16(22-6-2-3-7-22)21-15(20-11)14(18)19;2-1-3/h5-6,9-10,13H,7-8,11-12H2,1-2H3,(H,19,23);4-5,14H,2-3,6-7H2,1H3;1H,(H,2,3). The summed E-state index contributed by atoms with van der Waals surface area (Å²) in [5, 5.41) is 11.7. The summed E-state index contributed by atoms with van der Waals surface area (Å²) in [6.07, 6.45) is 2.66. The van der Waals surface area contributed by atoms with Crippen LogP contribution >= 0.6 is 0 Å². The number of anilines is 2. The zero-order valence-electron chi connectivity index (χ0n) is 28.2. The van der Waals surface area contributed by atoms with Gasteiger partial charge in [0.2, 0.25) is 0 Å². The zero-order chi connectivity index (χ0) is 36.3. The maximum Gasteiger partial charge on any atom is 0.297 e. The lowest BCUT2D eigenvalue weighted by atomic mass is 9.90. The minimum Gasteiger partial charge on any atom is -0.483 e. The van der Waals surface area contributed by atoms with Gasteiger partial charge in [-0.1, -0.05) is 5.92 Å². The Morgan fingerprint density at radius 3 is 2.51 bits per heavy atom. The van der Waals surface area contributed by atoms with Crippen molar-refractivity contribution in [3.05, 3.63) is 75.5 Å². The number of nitrogens with zero attached hydrogens (tertiary/aromatic N) is 6. The van der Waals surface area contributed by atoms with Crippen molar-refractivity contribution in [2.75, 3.05) is 49.3 Å². The number of morpholine rings is 1. The van der Waals surface area contributed by atoms with E-state index in [2.05, 4.69) is 43.7 Å². The number of alkyl halides is 2. The van der Waals surface area contributed by atoms with Crippen LogP contribution in [0.1, 0.15) is 48.8 Å². The lowest BCUT2D eigenvalue weighted by Gasteiger charge is -2.53. The Morgan fingerprint density at radius 1 is 1.12 bits per heavy atom. The topological polar surface area (TPSA) is 152 Å². The zero-order valence-corrected chi connectivity index (χ0v) is 28.2. The molecule has 3 saturated heterocycles. The molecule has 268 valence electrons. The second-order valence-corrected chi connectivity index (χ2v) is 12.3. The summed E-state index contributed by atoms with van der Waals surface area (Å²) in [4.78, 5) is 35.5. The number of rotatable bonds is 3. The monoisotopic (exact) mass is 707 g/mol. The molecule has 0 aliphatic carbocycles. The van der Waals surface area contributed by atoms with Crippen LogP contribution in [0.5, 0.6) is 0 Å². The molecule has 0 saturated carbocycles. The number of furan rings is 1. The van der Waals surface area contributed by atoms with Crippen LogP contribution in [-0.4, -0.2) is 87.4 Å². The fourth-order valence-electron chi connectivity index (χ4n) is 6.34. The molecule has 1 aromatic carbocycles. The maximum atomic E-state index is 13.8. The molecular formula is C35H36F3N7O6. The molecule has 16 heteroatoms. The second kappa shape index (κ2) is 14.8. The number of halogens is 3. The maximum absolute atomic E-state index is 13.8. The van der Waals surface area contributed by atoms with Gasteiger partial charge in [-0.05, 0) is 56.9 Å². The minimum absolute atomic E-state index is 0.0649. The van der Waals surface area contributed by atoms with Crippen LogP contribution in [-0.2, 0) is 21.3 Å². The summed E-state index contributed by atoms with van der Waals surface area (Å²) >= 11 is 0. The van der Waals surface area contributed by atoms with E-state index in [9.17, 15) is 18.0 Å². The van der Waals surface area contributed by atoms with E-state index in [1.165, 1.54) is 12.1 Å². The summed E-state index contributed by atoms with van der Waals surface area (Å²) in [6, 6.07) is 6.56. The number of pyridine rings is 1. The van der Waals surface area contributed by atoms with Crippen molar-refractivity contribution < 1.29 is 37.0 Å². The lowest BCUT2D eigenvalue weighted by molar-refractivity contribution is -0.228. The molecule has 2 N–H and O–H groups in total. The Morgan fingerprint density at radius 2 is 1.86 bits per heavy atom. The molecule has 8 rings (SSSR count). The SMILES string of the molecule is CC1N(c2cc(C#Cc3ccn(C)n3)c[nH]c2=O)CCOC12COC2.Cc1c(F)ccc2c1oc1c(N3CCCC3)nc(C(F)F)nc12.O=CO. The first-order chi connectivity index (χ1) is 24.5. The number of carboxylic acid groups (broad SMARTS) is 1. The first-order valence-corrected chi connectivity index (χ1v) is 16.3. The molecule has 3 fully saturated rings. The van der Waals surface area contributed by atoms with E-state index in [0.717, 1.165) is 31.5 Å². The van der Waals surface area contributed by atoms with E-state index < -0.39 is 18.1 Å². The molecule has 5 aromatic rings. The van der Waals surface area contributed by atoms with Gasteiger partial charge in [-0.15, -0.1) is 0 Å². The van der Waals surface area contributed by atoms with Crippen molar-refractivity contribution in [1.29, 1.82) is 0 Å². The number of nitrogens with one attached hydrogen (secondary N) is 1. The molecule has 0 bridgehead atoms. The molecule has 7 heterocycles. The van der Waals surface area contributed by atoms with Crippen molar-refractivity contribution in [3.63, 3.8) is 0 Å². The predicted molar refractivity (Wildman–Crippen MR) is 182 cm³/mol. The number of aromatic amines is 1. The van der Waals surface area contributed by atoms with E-state index in [1.54, 1.807) is 17.8 Å². The highest BCUT2D eigenvalue weighted by Gasteiger charge is 2.50. The van der Waals surface area contributed by atoms with E-state index in [1.807, 2.05) is 30.3 Å². The fraction of sp³-hybridized carbons (Fsp3) is 0.400. The van der Waals surface area contributed by atoms with Crippen molar-refractivity contribution in [2.24, 2.45) is 7.05 Å². The Kier molecular flexibility index (Phi) is 10.3. The summed E-state index contributed by atoms with van der Waals surface area (Å²) in [7, 11) is 1.85. The van der Waals surface area contributed by atoms with Crippen LogP contribution in [0.3, 0.4) is 0 Å². The van der Waals surface area contributed by atoms with E-state index in [-0.39, 0.29) is 23.7 Å². The molecule has 4 aromatic heterocycles. The van der Waals surface area contributed by atoms with E-state index in [4.69, 9.17) is 23.8 Å². The number of hydrogen-bond donors (Lipinski definition) is 2. The third-order valence-corrected chi connectivity index (χ3v) is 9.15. The van der Waals surface area contributed by atoms with Crippen LogP contribution in [0.2, 0.25) is 0 Å². The van der Waals surface area contributed by atoms with Gasteiger partial charge >= 0.3 is 0 Å². The highest BCUT2D eigenvalue weighted by molar-refractivity contribution is 6.06. The first-order valence-electron chi connectivity index (χ1n) is 16.3. The Bertz CT molecular complexity index is 2160. The highest BCUT2D eigenvalue weighted by Crippen LogP contribution is 2.37. The van der Waals surface area contributed by atoms with Gasteiger partial charge < -0.3 is 33.8 Å². The average Bonchev–Trinajstić information content (AvgIpc) is 3.87. The molecule has 1 unspecified atom stereocenters. The summed E-state index contributed by atoms with van der Waals surface area (Å²) in [5.74, 6) is 5.53. The highest BCUT2D eigenvalue weighted by atomic mass is 19.3. The van der Waals surface area contributed by atoms with Crippen molar-refractivity contribution >= 4 is 40.0 Å². The molecule has 3 aliphatic rings. The second-order valence-electron chi connectivity index (χ2n) is 12.3. The average molecular weight is 708 g/mol.